The van der Waals surface area contributed by atoms with E-state index in [1.807, 2.05) is 30.3 Å². The molecule has 0 spiro atoms. The second-order valence-electron chi connectivity index (χ2n) is 8.36. The lowest BCUT2D eigenvalue weighted by atomic mass is 9.92. The molecule has 0 fully saturated rings. The Morgan fingerprint density at radius 1 is 1.23 bits per heavy atom. The van der Waals surface area contributed by atoms with Crippen LogP contribution in [0.5, 0.6) is 5.75 Å². The third-order valence-corrected chi connectivity index (χ3v) is 7.19. The molecule has 0 saturated carbocycles. The zero-order chi connectivity index (χ0) is 24.6. The Bertz CT molecular complexity index is 1230. The van der Waals surface area contributed by atoms with Gasteiger partial charge in [0.1, 0.15) is 30.3 Å². The van der Waals surface area contributed by atoms with Crippen molar-refractivity contribution in [1.29, 1.82) is 5.26 Å². The lowest BCUT2D eigenvalue weighted by molar-refractivity contribution is -0.118. The largest absolute Gasteiger partial charge is 0.508 e. The number of Topliss-reactive ketones (excluding diaryl/α,β-unsaturated/α-hetero) is 1. The number of rotatable bonds is 9. The van der Waals surface area contributed by atoms with Crippen LogP contribution in [0.25, 0.3) is 0 Å². The average molecular weight is 491 g/mol. The maximum Gasteiger partial charge on any atom is 0.508 e. The van der Waals surface area contributed by atoms with Crippen molar-refractivity contribution in [3.8, 4) is 11.8 Å². The Morgan fingerprint density at radius 3 is 2.86 bits per heavy atom. The first-order valence-electron chi connectivity index (χ1n) is 11.5. The molecule has 0 aliphatic heterocycles. The Hall–Kier alpha value is -3.70. The number of aryl methyl sites for hydroxylation is 1. The quantitative estimate of drug-likeness (QED) is 0.390. The van der Waals surface area contributed by atoms with E-state index in [9.17, 15) is 14.9 Å². The molecule has 8 heteroatoms. The number of nitrogens with zero attached hydrogens (tertiary/aromatic N) is 2. The van der Waals surface area contributed by atoms with E-state index in [2.05, 4.69) is 11.1 Å². The van der Waals surface area contributed by atoms with Crippen molar-refractivity contribution < 1.29 is 23.8 Å². The van der Waals surface area contributed by atoms with Gasteiger partial charge in [-0.25, -0.2) is 4.79 Å². The van der Waals surface area contributed by atoms with Gasteiger partial charge in [-0.15, -0.1) is 11.3 Å². The van der Waals surface area contributed by atoms with Gasteiger partial charge in [0.2, 0.25) is 0 Å². The lowest BCUT2D eigenvalue weighted by Gasteiger charge is -2.22. The van der Waals surface area contributed by atoms with Gasteiger partial charge in [-0.1, -0.05) is 18.2 Å². The van der Waals surface area contributed by atoms with Gasteiger partial charge >= 0.3 is 6.16 Å². The number of aromatic nitrogens is 1. The van der Waals surface area contributed by atoms with Crippen LogP contribution in [0.4, 0.5) is 4.79 Å². The van der Waals surface area contributed by atoms with E-state index >= 15 is 0 Å². The minimum atomic E-state index is -0.715. The SMILES string of the molecule is COc1cccc(CCC(=O)Cc2sc3c(c2C#N)CCC(OC(=O)OCc2cccnc2)C3)c1. The van der Waals surface area contributed by atoms with E-state index < -0.39 is 6.16 Å². The zero-order valence-corrected chi connectivity index (χ0v) is 20.3. The molecule has 35 heavy (non-hydrogen) atoms. The molecule has 0 bridgehead atoms. The predicted molar refractivity (Wildman–Crippen MR) is 130 cm³/mol. The van der Waals surface area contributed by atoms with Gasteiger partial charge in [0, 0.05) is 47.0 Å². The smallest absolute Gasteiger partial charge is 0.497 e. The highest BCUT2D eigenvalue weighted by Gasteiger charge is 2.28. The second kappa shape index (κ2) is 11.6. The summed E-state index contributed by atoms with van der Waals surface area (Å²) in [5.74, 6) is 0.861. The third-order valence-electron chi connectivity index (χ3n) is 5.93. The molecular formula is C27H26N2O5S. The number of methoxy groups -OCH3 is 1. The summed E-state index contributed by atoms with van der Waals surface area (Å²) in [5.41, 5.74) is 3.42. The van der Waals surface area contributed by atoms with E-state index in [-0.39, 0.29) is 24.9 Å². The number of hydrogen-bond donors (Lipinski definition) is 0. The standard InChI is InChI=1S/C27H26N2O5S/c1-32-21-6-2-4-18(12-21)7-8-20(30)13-25-24(15-28)23-10-9-22(14-26(23)35-25)34-27(31)33-17-19-5-3-11-29-16-19/h2-6,11-12,16,22H,7-10,13-14,17H2,1H3. The summed E-state index contributed by atoms with van der Waals surface area (Å²) < 4.78 is 15.9. The van der Waals surface area contributed by atoms with Crippen LogP contribution >= 0.6 is 11.3 Å². The average Bonchev–Trinajstić information content (AvgIpc) is 3.23. The molecule has 2 heterocycles. The Balaban J connectivity index is 1.32. The van der Waals surface area contributed by atoms with Crippen LogP contribution in [0.15, 0.2) is 48.8 Å². The molecule has 1 aromatic carbocycles. The highest BCUT2D eigenvalue weighted by Crippen LogP contribution is 2.35. The number of carbonyl (C=O) groups excluding carboxylic acids is 2. The van der Waals surface area contributed by atoms with Crippen molar-refractivity contribution in [1.82, 2.24) is 4.98 Å². The molecule has 4 rings (SSSR count). The first kappa shape index (κ1) is 24.4. The Morgan fingerprint density at radius 2 is 2.09 bits per heavy atom. The molecule has 1 aliphatic rings. The number of ether oxygens (including phenoxy) is 3. The fourth-order valence-corrected chi connectivity index (χ4v) is 5.54. The highest BCUT2D eigenvalue weighted by molar-refractivity contribution is 7.12. The summed E-state index contributed by atoms with van der Waals surface area (Å²) in [4.78, 5) is 30.6. The van der Waals surface area contributed by atoms with E-state index in [0.29, 0.717) is 37.7 Å². The first-order chi connectivity index (χ1) is 17.1. The van der Waals surface area contributed by atoms with Crippen LogP contribution < -0.4 is 4.74 Å². The van der Waals surface area contributed by atoms with Crippen molar-refractivity contribution in [3.05, 3.63) is 80.8 Å². The van der Waals surface area contributed by atoms with Crippen molar-refractivity contribution in [2.75, 3.05) is 7.11 Å². The van der Waals surface area contributed by atoms with Crippen molar-refractivity contribution in [3.63, 3.8) is 0 Å². The van der Waals surface area contributed by atoms with Gasteiger partial charge in [-0.05, 0) is 48.6 Å². The number of thiophene rings is 1. The maximum atomic E-state index is 12.7. The molecule has 1 unspecified atom stereocenters. The van der Waals surface area contributed by atoms with Crippen LogP contribution in [0.3, 0.4) is 0 Å². The van der Waals surface area contributed by atoms with Gasteiger partial charge in [0.15, 0.2) is 0 Å². The summed E-state index contributed by atoms with van der Waals surface area (Å²) in [6.45, 7) is 0.101. The van der Waals surface area contributed by atoms with E-state index in [4.69, 9.17) is 14.2 Å². The van der Waals surface area contributed by atoms with Crippen LogP contribution in [0, 0.1) is 11.3 Å². The summed E-state index contributed by atoms with van der Waals surface area (Å²) >= 11 is 1.48. The highest BCUT2D eigenvalue weighted by atomic mass is 32.1. The zero-order valence-electron chi connectivity index (χ0n) is 19.5. The summed E-state index contributed by atoms with van der Waals surface area (Å²) in [7, 11) is 1.62. The monoisotopic (exact) mass is 490 g/mol. The first-order valence-corrected chi connectivity index (χ1v) is 12.3. The van der Waals surface area contributed by atoms with E-state index in [1.54, 1.807) is 25.6 Å². The Kier molecular flexibility index (Phi) is 8.11. The van der Waals surface area contributed by atoms with E-state index in [0.717, 1.165) is 32.2 Å². The van der Waals surface area contributed by atoms with Gasteiger partial charge in [0.25, 0.3) is 0 Å². The summed E-state index contributed by atoms with van der Waals surface area (Å²) in [5, 5.41) is 9.75. The van der Waals surface area contributed by atoms with E-state index in [1.165, 1.54) is 11.3 Å². The third kappa shape index (κ3) is 6.46. The van der Waals surface area contributed by atoms with Crippen LogP contribution in [-0.2, 0) is 46.6 Å². The topological polar surface area (TPSA) is 98.5 Å². The second-order valence-corrected chi connectivity index (χ2v) is 9.55. The fraction of sp³-hybridized carbons (Fsp3) is 0.333. The number of hydrogen-bond acceptors (Lipinski definition) is 8. The predicted octanol–water partition coefficient (Wildman–Crippen LogP) is 4.98. The molecule has 1 atom stereocenters. The number of nitriles is 1. The van der Waals surface area contributed by atoms with Gasteiger partial charge in [0.05, 0.1) is 12.7 Å². The number of ketones is 1. The number of carbonyl (C=O) groups is 2. The maximum absolute atomic E-state index is 12.7. The molecule has 0 radical (unpaired) electrons. The van der Waals surface area contributed by atoms with Crippen LogP contribution in [0.1, 0.15) is 44.8 Å². The van der Waals surface area contributed by atoms with Crippen molar-refractivity contribution in [2.45, 2.75) is 51.2 Å². The number of pyridine rings is 1. The normalized spacial score (nSPS) is 14.5. The molecule has 0 saturated heterocycles. The minimum absolute atomic E-state index is 0.0923. The van der Waals surface area contributed by atoms with Gasteiger partial charge in [-0.3, -0.25) is 9.78 Å². The molecule has 0 N–H and O–H groups in total. The van der Waals surface area contributed by atoms with Crippen molar-refractivity contribution >= 4 is 23.3 Å². The molecular weight excluding hydrogens is 464 g/mol. The molecule has 0 amide bonds. The van der Waals surface area contributed by atoms with Crippen LogP contribution in [0.2, 0.25) is 0 Å². The molecule has 180 valence electrons. The molecule has 3 aromatic rings. The van der Waals surface area contributed by atoms with Gasteiger partial charge < -0.3 is 14.2 Å². The lowest BCUT2D eigenvalue weighted by Crippen LogP contribution is -2.25. The van der Waals surface area contributed by atoms with Crippen molar-refractivity contribution in [2.24, 2.45) is 0 Å². The summed E-state index contributed by atoms with van der Waals surface area (Å²) in [6.07, 6.45) is 5.29. The summed E-state index contributed by atoms with van der Waals surface area (Å²) in [6, 6.07) is 13.6. The molecule has 1 aliphatic carbocycles. The molecule has 7 nitrogen and oxygen atoms in total. The number of benzene rings is 1. The Labute approximate surface area is 208 Å². The van der Waals surface area contributed by atoms with Crippen LogP contribution in [-0.4, -0.2) is 30.1 Å². The number of fused-ring (bicyclic) bond motifs is 1. The van der Waals surface area contributed by atoms with Gasteiger partial charge in [-0.2, -0.15) is 5.26 Å². The molecule has 2 aromatic heterocycles. The fourth-order valence-electron chi connectivity index (χ4n) is 4.14. The minimum Gasteiger partial charge on any atom is -0.497 e.